The minimum atomic E-state index is 0.601. The maximum absolute atomic E-state index is 5.77. The van der Waals surface area contributed by atoms with Gasteiger partial charge in [-0.05, 0) is 17.9 Å². The first-order valence-corrected chi connectivity index (χ1v) is 6.45. The Hall–Kier alpha value is -0.900. The molecule has 0 aliphatic carbocycles. The van der Waals surface area contributed by atoms with E-state index in [0.717, 1.165) is 13.0 Å². The highest BCUT2D eigenvalue weighted by atomic mass is 32.1. The molecule has 0 radical (unpaired) electrons. The Morgan fingerprint density at radius 2 is 2.12 bits per heavy atom. The van der Waals surface area contributed by atoms with E-state index in [0.29, 0.717) is 13.2 Å². The first-order valence-electron chi connectivity index (χ1n) is 5.64. The number of ether oxygens (including phenoxy) is 1. The summed E-state index contributed by atoms with van der Waals surface area (Å²) in [6, 6.07) is 8.42. The fourth-order valence-corrected chi connectivity index (χ4v) is 2.88. The van der Waals surface area contributed by atoms with E-state index in [1.165, 1.54) is 20.5 Å². The Balaban J connectivity index is 2.32. The van der Waals surface area contributed by atoms with Crippen LogP contribution in [0.2, 0.25) is 0 Å². The summed E-state index contributed by atoms with van der Waals surface area (Å²) < 4.78 is 6.93. The van der Waals surface area contributed by atoms with Gasteiger partial charge in [-0.2, -0.15) is 0 Å². The third kappa shape index (κ3) is 2.26. The number of benzene rings is 1. The van der Waals surface area contributed by atoms with Crippen LogP contribution in [0.25, 0.3) is 10.1 Å². The molecule has 0 unspecified atom stereocenters. The first-order chi connectivity index (χ1) is 7.86. The maximum Gasteiger partial charge on any atom is 0.0734 e. The van der Waals surface area contributed by atoms with Crippen molar-refractivity contribution in [3.63, 3.8) is 0 Å². The smallest absolute Gasteiger partial charge is 0.0734 e. The number of nitrogens with two attached hydrogens (primary N) is 1. The molecular weight excluding hydrogens is 218 g/mol. The molecule has 2 rings (SSSR count). The van der Waals surface area contributed by atoms with E-state index in [1.807, 2.05) is 0 Å². The lowest BCUT2D eigenvalue weighted by atomic mass is 10.1. The maximum atomic E-state index is 5.77. The minimum absolute atomic E-state index is 0.601. The van der Waals surface area contributed by atoms with Crippen LogP contribution in [0, 0.1) is 0 Å². The van der Waals surface area contributed by atoms with Crippen LogP contribution in [0.4, 0.5) is 0 Å². The van der Waals surface area contributed by atoms with Gasteiger partial charge in [-0.15, -0.1) is 11.3 Å². The van der Waals surface area contributed by atoms with E-state index in [1.54, 1.807) is 11.3 Å². The Labute approximate surface area is 100 Å². The molecule has 86 valence electrons. The Bertz CT molecular complexity index is 464. The molecular formula is C13H17NOS. The second-order valence-electron chi connectivity index (χ2n) is 3.76. The number of rotatable bonds is 5. The van der Waals surface area contributed by atoms with Gasteiger partial charge in [0.1, 0.15) is 0 Å². The molecule has 1 aromatic heterocycles. The minimum Gasteiger partial charge on any atom is -0.377 e. The molecule has 2 nitrogen and oxygen atoms in total. The quantitative estimate of drug-likeness (QED) is 0.807. The first kappa shape index (κ1) is 11.6. The van der Waals surface area contributed by atoms with Gasteiger partial charge in [0.2, 0.25) is 0 Å². The van der Waals surface area contributed by atoms with E-state index in [4.69, 9.17) is 10.5 Å². The lowest BCUT2D eigenvalue weighted by Gasteiger charge is -2.04. The zero-order valence-corrected chi connectivity index (χ0v) is 10.3. The van der Waals surface area contributed by atoms with Crippen molar-refractivity contribution in [1.29, 1.82) is 0 Å². The van der Waals surface area contributed by atoms with Crippen LogP contribution in [0.5, 0.6) is 0 Å². The van der Waals surface area contributed by atoms with E-state index in [9.17, 15) is 0 Å². The van der Waals surface area contributed by atoms with Gasteiger partial charge in [0, 0.05) is 28.3 Å². The zero-order valence-electron chi connectivity index (χ0n) is 9.53. The molecule has 1 aromatic carbocycles. The molecule has 0 aliphatic rings. The molecule has 0 saturated heterocycles. The Kier molecular flexibility index (Phi) is 3.93. The predicted molar refractivity (Wildman–Crippen MR) is 69.7 cm³/mol. The summed E-state index contributed by atoms with van der Waals surface area (Å²) in [5.74, 6) is 0. The number of fused-ring (bicyclic) bond motifs is 1. The van der Waals surface area contributed by atoms with Crippen molar-refractivity contribution in [2.24, 2.45) is 5.73 Å². The number of thiophene rings is 1. The average Bonchev–Trinajstić information content (AvgIpc) is 2.68. The highest BCUT2D eigenvalue weighted by molar-refractivity contribution is 7.19. The third-order valence-corrected chi connectivity index (χ3v) is 3.80. The van der Waals surface area contributed by atoms with Gasteiger partial charge >= 0.3 is 0 Å². The fraction of sp³-hybridized carbons (Fsp3) is 0.385. The van der Waals surface area contributed by atoms with Crippen LogP contribution in [0.15, 0.2) is 24.3 Å². The zero-order chi connectivity index (χ0) is 11.4. The topological polar surface area (TPSA) is 35.2 Å². The van der Waals surface area contributed by atoms with Crippen molar-refractivity contribution in [3.05, 3.63) is 34.7 Å². The van der Waals surface area contributed by atoms with Crippen LogP contribution in [-0.2, 0) is 17.9 Å². The summed E-state index contributed by atoms with van der Waals surface area (Å²) in [6.45, 7) is 4.22. The highest BCUT2D eigenvalue weighted by Gasteiger charge is 2.10. The molecule has 3 heteroatoms. The third-order valence-electron chi connectivity index (χ3n) is 2.56. The highest BCUT2D eigenvalue weighted by Crippen LogP contribution is 2.31. The predicted octanol–water partition coefficient (Wildman–Crippen LogP) is 3.29. The molecule has 2 N–H and O–H groups in total. The van der Waals surface area contributed by atoms with E-state index in [-0.39, 0.29) is 0 Å². The van der Waals surface area contributed by atoms with Crippen LogP contribution < -0.4 is 5.73 Å². The normalized spacial score (nSPS) is 11.1. The standard InChI is InChI=1S/C13H17NOS/c1-2-7-15-9-11-10-5-3-4-6-12(10)16-13(11)8-14/h3-6H,2,7-9,14H2,1H3. The van der Waals surface area contributed by atoms with Crippen LogP contribution in [0.3, 0.4) is 0 Å². The van der Waals surface area contributed by atoms with Crippen LogP contribution >= 0.6 is 11.3 Å². The van der Waals surface area contributed by atoms with Gasteiger partial charge in [0.25, 0.3) is 0 Å². The van der Waals surface area contributed by atoms with Crippen molar-refractivity contribution >= 4 is 21.4 Å². The Morgan fingerprint density at radius 1 is 1.31 bits per heavy atom. The van der Waals surface area contributed by atoms with Gasteiger partial charge < -0.3 is 10.5 Å². The molecule has 0 saturated carbocycles. The lowest BCUT2D eigenvalue weighted by Crippen LogP contribution is -2.00. The second kappa shape index (κ2) is 5.43. The van der Waals surface area contributed by atoms with Gasteiger partial charge in [0.15, 0.2) is 0 Å². The van der Waals surface area contributed by atoms with Crippen molar-refractivity contribution in [2.75, 3.05) is 6.61 Å². The van der Waals surface area contributed by atoms with Gasteiger partial charge in [-0.25, -0.2) is 0 Å². The number of hydrogen-bond acceptors (Lipinski definition) is 3. The molecule has 0 spiro atoms. The fourth-order valence-electron chi connectivity index (χ4n) is 1.79. The summed E-state index contributed by atoms with van der Waals surface area (Å²) in [6.07, 6.45) is 1.06. The molecule has 0 amide bonds. The lowest BCUT2D eigenvalue weighted by molar-refractivity contribution is 0.122. The van der Waals surface area contributed by atoms with Crippen molar-refractivity contribution in [3.8, 4) is 0 Å². The monoisotopic (exact) mass is 235 g/mol. The molecule has 0 bridgehead atoms. The van der Waals surface area contributed by atoms with Gasteiger partial charge in [-0.1, -0.05) is 25.1 Å². The Morgan fingerprint density at radius 3 is 2.88 bits per heavy atom. The van der Waals surface area contributed by atoms with E-state index < -0.39 is 0 Å². The van der Waals surface area contributed by atoms with E-state index in [2.05, 4.69) is 31.2 Å². The molecule has 1 heterocycles. The van der Waals surface area contributed by atoms with Crippen molar-refractivity contribution in [2.45, 2.75) is 26.5 Å². The largest absolute Gasteiger partial charge is 0.377 e. The summed E-state index contributed by atoms with van der Waals surface area (Å²) >= 11 is 1.78. The van der Waals surface area contributed by atoms with E-state index >= 15 is 0 Å². The summed E-state index contributed by atoms with van der Waals surface area (Å²) in [5, 5.41) is 1.30. The molecule has 0 atom stereocenters. The van der Waals surface area contributed by atoms with Crippen molar-refractivity contribution in [1.82, 2.24) is 0 Å². The summed E-state index contributed by atoms with van der Waals surface area (Å²) in [7, 11) is 0. The van der Waals surface area contributed by atoms with Crippen molar-refractivity contribution < 1.29 is 4.74 Å². The SMILES string of the molecule is CCCOCc1c(CN)sc2ccccc12. The van der Waals surface area contributed by atoms with Crippen LogP contribution in [0.1, 0.15) is 23.8 Å². The molecule has 0 fully saturated rings. The second-order valence-corrected chi connectivity index (χ2v) is 4.89. The molecule has 2 aromatic rings. The number of hydrogen-bond donors (Lipinski definition) is 1. The molecule has 0 aliphatic heterocycles. The molecule has 16 heavy (non-hydrogen) atoms. The van der Waals surface area contributed by atoms with Crippen LogP contribution in [-0.4, -0.2) is 6.61 Å². The summed E-state index contributed by atoms with van der Waals surface area (Å²) in [4.78, 5) is 1.25. The average molecular weight is 235 g/mol. The van der Waals surface area contributed by atoms with Gasteiger partial charge in [-0.3, -0.25) is 0 Å². The van der Waals surface area contributed by atoms with Gasteiger partial charge in [0.05, 0.1) is 6.61 Å². The summed E-state index contributed by atoms with van der Waals surface area (Å²) in [5.41, 5.74) is 7.05.